The molecule has 0 N–H and O–H groups in total. The minimum atomic E-state index is 0.946. The average Bonchev–Trinajstić information content (AvgIpc) is 2.16. The highest BCUT2D eigenvalue weighted by atomic mass is 31.0. The fourth-order valence-corrected chi connectivity index (χ4v) is 2.27. The van der Waals surface area contributed by atoms with Gasteiger partial charge in [-0.25, -0.2) is 0 Å². The highest BCUT2D eigenvalue weighted by Gasteiger charge is 2.13. The lowest BCUT2D eigenvalue weighted by Crippen LogP contribution is -2.11. The Labute approximate surface area is 87.9 Å². The van der Waals surface area contributed by atoms with E-state index in [4.69, 9.17) is 0 Å². The molecule has 0 aromatic carbocycles. The van der Waals surface area contributed by atoms with Crippen molar-refractivity contribution in [1.82, 2.24) is 0 Å². The molecule has 3 unspecified atom stereocenters. The molecule has 2 heteroatoms. The number of rotatable bonds is 8. The molecule has 0 bridgehead atoms. The summed E-state index contributed by atoms with van der Waals surface area (Å²) in [5, 5.41) is 0. The predicted octanol–water partition coefficient (Wildman–Crippen LogP) is 3.14. The molecule has 0 aromatic heterocycles. The second-order valence-electron chi connectivity index (χ2n) is 4.22. The lowest BCUT2D eigenvalue weighted by atomic mass is 9.78. The van der Waals surface area contributed by atoms with Gasteiger partial charge in [0, 0.05) is 0 Å². The monoisotopic (exact) mass is 200 g/mol. The van der Waals surface area contributed by atoms with Crippen LogP contribution in [0.15, 0.2) is 0 Å². The molecule has 78 valence electrons. The maximum atomic E-state index is 2.83. The molecule has 0 aliphatic carbocycles. The molecule has 0 rings (SSSR count). The molecular formula is C11H26BP. The van der Waals surface area contributed by atoms with Crippen LogP contribution in [0.5, 0.6) is 0 Å². The summed E-state index contributed by atoms with van der Waals surface area (Å²) < 4.78 is 0. The Balaban J connectivity index is 3.63. The quantitative estimate of drug-likeness (QED) is 0.417. The van der Waals surface area contributed by atoms with Crippen molar-refractivity contribution in [3.05, 3.63) is 0 Å². The van der Waals surface area contributed by atoms with Crippen LogP contribution in [0.3, 0.4) is 0 Å². The fraction of sp³-hybridized carbons (Fsp3) is 1.00. The minimum Gasteiger partial charge on any atom is -0.138 e. The molecule has 0 fully saturated rings. The SMILES string of the molecule is BCC(CCCP)C(C)CCCC. The van der Waals surface area contributed by atoms with Gasteiger partial charge in [0.05, 0.1) is 0 Å². The molecule has 13 heavy (non-hydrogen) atoms. The Hall–Kier alpha value is 0.495. The van der Waals surface area contributed by atoms with E-state index in [1.807, 2.05) is 0 Å². The van der Waals surface area contributed by atoms with Crippen molar-refractivity contribution >= 4 is 17.1 Å². The van der Waals surface area contributed by atoms with Gasteiger partial charge in [0.1, 0.15) is 7.85 Å². The largest absolute Gasteiger partial charge is 0.138 e. The molecule has 0 saturated carbocycles. The van der Waals surface area contributed by atoms with Gasteiger partial charge in [-0.3, -0.25) is 0 Å². The summed E-state index contributed by atoms with van der Waals surface area (Å²) in [6.07, 6.45) is 9.67. The van der Waals surface area contributed by atoms with Crippen molar-refractivity contribution in [2.45, 2.75) is 52.3 Å². The van der Waals surface area contributed by atoms with Crippen LogP contribution in [0.25, 0.3) is 0 Å². The van der Waals surface area contributed by atoms with Crippen molar-refractivity contribution < 1.29 is 0 Å². The van der Waals surface area contributed by atoms with Crippen molar-refractivity contribution in [2.75, 3.05) is 6.16 Å². The van der Waals surface area contributed by atoms with Gasteiger partial charge in [0.25, 0.3) is 0 Å². The average molecular weight is 200 g/mol. The van der Waals surface area contributed by atoms with Crippen molar-refractivity contribution in [1.29, 1.82) is 0 Å². The third-order valence-corrected chi connectivity index (χ3v) is 3.53. The van der Waals surface area contributed by atoms with Gasteiger partial charge in [0.2, 0.25) is 0 Å². The van der Waals surface area contributed by atoms with Crippen LogP contribution in [-0.2, 0) is 0 Å². The van der Waals surface area contributed by atoms with Gasteiger partial charge in [-0.1, -0.05) is 45.9 Å². The lowest BCUT2D eigenvalue weighted by Gasteiger charge is -2.22. The van der Waals surface area contributed by atoms with Crippen molar-refractivity contribution in [2.24, 2.45) is 11.8 Å². The van der Waals surface area contributed by atoms with Gasteiger partial charge in [-0.2, -0.15) is 0 Å². The summed E-state index contributed by atoms with van der Waals surface area (Å²) in [7, 11) is 5.18. The number of unbranched alkanes of at least 4 members (excludes halogenated alkanes) is 1. The molecule has 0 spiro atoms. The van der Waals surface area contributed by atoms with E-state index < -0.39 is 0 Å². The van der Waals surface area contributed by atoms with Crippen LogP contribution in [0.2, 0.25) is 6.32 Å². The molecular weight excluding hydrogens is 174 g/mol. The van der Waals surface area contributed by atoms with Gasteiger partial charge >= 0.3 is 0 Å². The maximum absolute atomic E-state index is 2.83. The Morgan fingerprint density at radius 1 is 1.23 bits per heavy atom. The van der Waals surface area contributed by atoms with E-state index in [9.17, 15) is 0 Å². The second-order valence-corrected chi connectivity index (χ2v) is 4.80. The number of hydrogen-bond donors (Lipinski definition) is 0. The molecule has 0 aliphatic rings. The van der Waals surface area contributed by atoms with E-state index in [1.165, 1.54) is 44.6 Å². The highest BCUT2D eigenvalue weighted by molar-refractivity contribution is 7.16. The second kappa shape index (κ2) is 9.07. The fourth-order valence-electron chi connectivity index (χ4n) is 2.03. The summed E-state index contributed by atoms with van der Waals surface area (Å²) in [6, 6.07) is 0. The Kier molecular flexibility index (Phi) is 9.41. The maximum Gasteiger partial charge on any atom is 0.101 e. The zero-order valence-electron chi connectivity index (χ0n) is 9.68. The summed E-state index contributed by atoms with van der Waals surface area (Å²) >= 11 is 0. The normalized spacial score (nSPS) is 15.6. The van der Waals surface area contributed by atoms with Crippen LogP contribution in [0, 0.1) is 11.8 Å². The molecule has 0 amide bonds. The zero-order valence-corrected chi connectivity index (χ0v) is 10.8. The molecule has 0 saturated heterocycles. The van der Waals surface area contributed by atoms with E-state index in [-0.39, 0.29) is 0 Å². The first-order valence-corrected chi connectivity index (χ1v) is 6.77. The summed E-state index contributed by atoms with van der Waals surface area (Å²) in [6.45, 7) is 4.73. The van der Waals surface area contributed by atoms with Gasteiger partial charge in [0.15, 0.2) is 0 Å². The molecule has 0 radical (unpaired) electrons. The summed E-state index contributed by atoms with van der Waals surface area (Å²) in [5.41, 5.74) is 0. The van der Waals surface area contributed by atoms with Crippen LogP contribution in [0.1, 0.15) is 46.0 Å². The molecule has 0 heterocycles. The first-order chi connectivity index (χ1) is 6.26. The van der Waals surface area contributed by atoms with Crippen LogP contribution in [-0.4, -0.2) is 14.0 Å². The first kappa shape index (κ1) is 13.5. The van der Waals surface area contributed by atoms with E-state index in [0.29, 0.717) is 0 Å². The predicted molar refractivity (Wildman–Crippen MR) is 69.3 cm³/mol. The topological polar surface area (TPSA) is 0 Å². The van der Waals surface area contributed by atoms with E-state index in [1.54, 1.807) is 0 Å². The molecule has 0 aromatic rings. The van der Waals surface area contributed by atoms with E-state index in [2.05, 4.69) is 30.9 Å². The van der Waals surface area contributed by atoms with Crippen LogP contribution in [0.4, 0.5) is 0 Å². The third-order valence-electron chi connectivity index (χ3n) is 3.12. The first-order valence-electron chi connectivity index (χ1n) is 5.96. The smallest absolute Gasteiger partial charge is 0.101 e. The van der Waals surface area contributed by atoms with E-state index in [0.717, 1.165) is 11.8 Å². The van der Waals surface area contributed by atoms with E-state index >= 15 is 0 Å². The Bertz CT molecular complexity index is 106. The summed E-state index contributed by atoms with van der Waals surface area (Å²) in [5.74, 6) is 1.92. The van der Waals surface area contributed by atoms with Gasteiger partial charge < -0.3 is 0 Å². The molecule has 3 atom stereocenters. The van der Waals surface area contributed by atoms with Crippen LogP contribution < -0.4 is 0 Å². The third kappa shape index (κ3) is 6.55. The molecule has 0 nitrogen and oxygen atoms in total. The van der Waals surface area contributed by atoms with Crippen LogP contribution >= 0.6 is 9.24 Å². The van der Waals surface area contributed by atoms with Crippen molar-refractivity contribution in [3.63, 3.8) is 0 Å². The van der Waals surface area contributed by atoms with Crippen molar-refractivity contribution in [3.8, 4) is 0 Å². The molecule has 0 aliphatic heterocycles. The lowest BCUT2D eigenvalue weighted by molar-refractivity contribution is 0.335. The number of hydrogen-bond acceptors (Lipinski definition) is 0. The highest BCUT2D eigenvalue weighted by Crippen LogP contribution is 2.25. The minimum absolute atomic E-state index is 0.946. The standard InChI is InChI=1S/C11H26BP/c1-3-4-6-10(2)11(9-12)7-5-8-13/h10-11H,3-9,12-13H2,1-2H3. The van der Waals surface area contributed by atoms with Gasteiger partial charge in [-0.15, -0.1) is 9.24 Å². The zero-order chi connectivity index (χ0) is 10.1. The Morgan fingerprint density at radius 3 is 2.38 bits per heavy atom. The van der Waals surface area contributed by atoms with Gasteiger partial charge in [-0.05, 0) is 24.4 Å². The summed E-state index contributed by atoms with van der Waals surface area (Å²) in [4.78, 5) is 0. The Morgan fingerprint density at radius 2 is 1.92 bits per heavy atom.